The second-order valence-corrected chi connectivity index (χ2v) is 5.87. The molecule has 3 rings (SSSR count). The molecule has 0 fully saturated rings. The van der Waals surface area contributed by atoms with Gasteiger partial charge in [0.1, 0.15) is 11.6 Å². The highest BCUT2D eigenvalue weighted by Gasteiger charge is 2.18. The molecule has 0 aromatic heterocycles. The van der Waals surface area contributed by atoms with Crippen LogP contribution in [0.3, 0.4) is 0 Å². The molecule has 1 atom stereocenters. The molecule has 1 unspecified atom stereocenters. The molecule has 1 N–H and O–H groups in total. The van der Waals surface area contributed by atoms with Gasteiger partial charge in [0.05, 0.1) is 11.1 Å². The second kappa shape index (κ2) is 5.74. The zero-order chi connectivity index (χ0) is 15.0. The summed E-state index contributed by atoms with van der Waals surface area (Å²) in [4.78, 5) is 0. The first-order chi connectivity index (χ1) is 10.0. The fraction of sp³-hybridized carbons (Fsp3) is 0.294. The van der Waals surface area contributed by atoms with Crippen molar-refractivity contribution in [1.29, 1.82) is 0 Å². The molecule has 2 aromatic carbocycles. The van der Waals surface area contributed by atoms with Crippen LogP contribution in [-0.4, -0.2) is 5.11 Å². The number of halogens is 3. The summed E-state index contributed by atoms with van der Waals surface area (Å²) in [6.45, 7) is 0. The Hall–Kier alpha value is -1.45. The molecule has 0 saturated carbocycles. The topological polar surface area (TPSA) is 20.2 Å². The molecule has 0 bridgehead atoms. The summed E-state index contributed by atoms with van der Waals surface area (Å²) in [5, 5.41) is 9.89. The van der Waals surface area contributed by atoms with Crippen LogP contribution < -0.4 is 0 Å². The van der Waals surface area contributed by atoms with E-state index in [-0.39, 0.29) is 17.0 Å². The van der Waals surface area contributed by atoms with Gasteiger partial charge in [-0.3, -0.25) is 0 Å². The monoisotopic (exact) mass is 308 g/mol. The lowest BCUT2D eigenvalue weighted by Crippen LogP contribution is -2.06. The molecule has 1 aliphatic carbocycles. The Bertz CT molecular complexity index is 685. The first-order valence-corrected chi connectivity index (χ1v) is 7.35. The number of aliphatic hydroxyl groups excluding tert-OH is 1. The molecule has 0 amide bonds. The van der Waals surface area contributed by atoms with E-state index in [2.05, 4.69) is 12.1 Å². The van der Waals surface area contributed by atoms with E-state index in [1.807, 2.05) is 6.07 Å². The van der Waals surface area contributed by atoms with Crippen molar-refractivity contribution in [3.05, 3.63) is 69.2 Å². The highest BCUT2D eigenvalue weighted by Crippen LogP contribution is 2.28. The number of aliphatic hydroxyl groups is 1. The van der Waals surface area contributed by atoms with Gasteiger partial charge in [-0.2, -0.15) is 0 Å². The van der Waals surface area contributed by atoms with Gasteiger partial charge in [-0.15, -0.1) is 0 Å². The predicted octanol–water partition coefficient (Wildman–Crippen LogP) is 4.38. The third-order valence-electron chi connectivity index (χ3n) is 3.99. The molecule has 1 nitrogen and oxygen atoms in total. The maximum absolute atomic E-state index is 13.8. The number of rotatable bonds is 3. The lowest BCUT2D eigenvalue weighted by Gasteiger charge is -2.13. The minimum absolute atomic E-state index is 0.0580. The van der Waals surface area contributed by atoms with Crippen LogP contribution in [-0.2, 0) is 19.3 Å². The quantitative estimate of drug-likeness (QED) is 0.834. The fourth-order valence-electron chi connectivity index (χ4n) is 2.88. The van der Waals surface area contributed by atoms with Gasteiger partial charge in [0, 0.05) is 12.0 Å². The van der Waals surface area contributed by atoms with E-state index in [1.54, 1.807) is 0 Å². The molecule has 0 heterocycles. The Morgan fingerprint density at radius 1 is 1.05 bits per heavy atom. The minimum atomic E-state index is -1.09. The largest absolute Gasteiger partial charge is 0.388 e. The first-order valence-electron chi connectivity index (χ1n) is 6.98. The van der Waals surface area contributed by atoms with Crippen LogP contribution in [0.1, 0.15) is 34.8 Å². The van der Waals surface area contributed by atoms with Crippen molar-refractivity contribution in [2.75, 3.05) is 0 Å². The predicted molar refractivity (Wildman–Crippen MR) is 78.5 cm³/mol. The van der Waals surface area contributed by atoms with Crippen molar-refractivity contribution in [2.24, 2.45) is 0 Å². The lowest BCUT2D eigenvalue weighted by atomic mass is 9.98. The summed E-state index contributed by atoms with van der Waals surface area (Å²) in [5.74, 6) is -1.41. The van der Waals surface area contributed by atoms with Gasteiger partial charge in [-0.25, -0.2) is 8.78 Å². The van der Waals surface area contributed by atoms with Crippen LogP contribution in [0.15, 0.2) is 30.3 Å². The van der Waals surface area contributed by atoms with Crippen LogP contribution in [0.2, 0.25) is 5.02 Å². The second-order valence-electron chi connectivity index (χ2n) is 5.46. The Labute approximate surface area is 127 Å². The van der Waals surface area contributed by atoms with Gasteiger partial charge in [0.25, 0.3) is 0 Å². The van der Waals surface area contributed by atoms with Gasteiger partial charge in [0.15, 0.2) is 0 Å². The third kappa shape index (κ3) is 2.94. The number of fused-ring (bicyclic) bond motifs is 1. The van der Waals surface area contributed by atoms with Crippen LogP contribution >= 0.6 is 11.6 Å². The summed E-state index contributed by atoms with van der Waals surface area (Å²) >= 11 is 5.52. The Kier molecular flexibility index (Phi) is 3.96. The summed E-state index contributed by atoms with van der Waals surface area (Å²) in [5.41, 5.74) is 3.51. The smallest absolute Gasteiger partial charge is 0.142 e. The zero-order valence-corrected chi connectivity index (χ0v) is 12.1. The molecule has 0 saturated heterocycles. The van der Waals surface area contributed by atoms with Crippen molar-refractivity contribution in [1.82, 2.24) is 0 Å². The van der Waals surface area contributed by atoms with E-state index >= 15 is 0 Å². The molecular weight excluding hydrogens is 294 g/mol. The minimum Gasteiger partial charge on any atom is -0.388 e. The lowest BCUT2D eigenvalue weighted by molar-refractivity contribution is 0.173. The van der Waals surface area contributed by atoms with Gasteiger partial charge in [-0.05, 0) is 48.1 Å². The fourth-order valence-corrected chi connectivity index (χ4v) is 3.03. The Morgan fingerprint density at radius 2 is 1.81 bits per heavy atom. The molecular formula is C17H15ClF2O. The van der Waals surface area contributed by atoms with E-state index in [0.29, 0.717) is 0 Å². The van der Waals surface area contributed by atoms with E-state index in [4.69, 9.17) is 11.6 Å². The highest BCUT2D eigenvalue weighted by molar-refractivity contribution is 6.30. The maximum atomic E-state index is 13.8. The van der Waals surface area contributed by atoms with E-state index in [0.717, 1.165) is 37.0 Å². The zero-order valence-electron chi connectivity index (χ0n) is 11.4. The number of aryl methyl sites for hydroxylation is 2. The van der Waals surface area contributed by atoms with Crippen molar-refractivity contribution in [2.45, 2.75) is 31.8 Å². The Balaban J connectivity index is 1.83. The molecule has 1 aliphatic rings. The van der Waals surface area contributed by atoms with Crippen molar-refractivity contribution in [3.8, 4) is 0 Å². The van der Waals surface area contributed by atoms with Gasteiger partial charge in [-0.1, -0.05) is 29.8 Å². The van der Waals surface area contributed by atoms with Gasteiger partial charge >= 0.3 is 0 Å². The van der Waals surface area contributed by atoms with Crippen LogP contribution in [0, 0.1) is 11.6 Å². The number of benzene rings is 2. The maximum Gasteiger partial charge on any atom is 0.142 e. The first kappa shape index (κ1) is 14.5. The highest BCUT2D eigenvalue weighted by atomic mass is 35.5. The van der Waals surface area contributed by atoms with E-state index in [1.165, 1.54) is 11.1 Å². The summed E-state index contributed by atoms with van der Waals surface area (Å²) < 4.78 is 27.2. The van der Waals surface area contributed by atoms with Crippen molar-refractivity contribution < 1.29 is 13.9 Å². The SMILES string of the molecule is OC(Cc1ccc2c(c1)CCC2)c1cc(F)c(Cl)cc1F. The normalized spacial score (nSPS) is 15.0. The average Bonchev–Trinajstić information content (AvgIpc) is 2.90. The van der Waals surface area contributed by atoms with Gasteiger partial charge < -0.3 is 5.11 Å². The molecule has 0 radical (unpaired) electrons. The standard InChI is InChI=1S/C17H15ClF2O/c18-14-9-15(19)13(8-16(14)20)17(21)7-10-4-5-11-2-1-3-12(11)6-10/h4-6,8-9,17,21H,1-3,7H2. The van der Waals surface area contributed by atoms with E-state index in [9.17, 15) is 13.9 Å². The van der Waals surface area contributed by atoms with E-state index < -0.39 is 17.7 Å². The van der Waals surface area contributed by atoms with Crippen LogP contribution in [0.25, 0.3) is 0 Å². The van der Waals surface area contributed by atoms with Crippen LogP contribution in [0.4, 0.5) is 8.78 Å². The Morgan fingerprint density at radius 3 is 2.62 bits per heavy atom. The van der Waals surface area contributed by atoms with Crippen molar-refractivity contribution >= 4 is 11.6 Å². The molecule has 0 spiro atoms. The molecule has 110 valence electrons. The molecule has 4 heteroatoms. The van der Waals surface area contributed by atoms with Gasteiger partial charge in [0.2, 0.25) is 0 Å². The molecule has 2 aromatic rings. The summed E-state index contributed by atoms with van der Waals surface area (Å²) in [6.07, 6.45) is 2.46. The van der Waals surface area contributed by atoms with Crippen molar-refractivity contribution in [3.63, 3.8) is 0 Å². The molecule has 0 aliphatic heterocycles. The number of hydrogen-bond donors (Lipinski definition) is 1. The summed E-state index contributed by atoms with van der Waals surface area (Å²) in [6, 6.07) is 7.92. The van der Waals surface area contributed by atoms with Crippen LogP contribution in [0.5, 0.6) is 0 Å². The molecule has 21 heavy (non-hydrogen) atoms. The third-order valence-corrected chi connectivity index (χ3v) is 4.28. The number of hydrogen-bond acceptors (Lipinski definition) is 1. The summed E-state index contributed by atoms with van der Waals surface area (Å²) in [7, 11) is 0. The average molecular weight is 309 g/mol.